The van der Waals surface area contributed by atoms with E-state index in [1.807, 2.05) is 20.2 Å². The molecule has 1 aliphatic heterocycles. The molecule has 1 aliphatic rings. The fourth-order valence-corrected chi connectivity index (χ4v) is 3.54. The first-order chi connectivity index (χ1) is 12.0. The number of aryl methyl sites for hydroxylation is 1. The van der Waals surface area contributed by atoms with Crippen LogP contribution in [0.2, 0.25) is 0 Å². The van der Waals surface area contributed by atoms with Crippen LogP contribution in [0.15, 0.2) is 27.4 Å². The van der Waals surface area contributed by atoms with Crippen LogP contribution in [0.4, 0.5) is 10.1 Å². The first-order valence-electron chi connectivity index (χ1n) is 9.06. The predicted molar refractivity (Wildman–Crippen MR) is 100 cm³/mol. The second kappa shape index (κ2) is 7.56. The molecule has 0 radical (unpaired) electrons. The monoisotopic (exact) mass is 346 g/mol. The minimum atomic E-state index is -0.306. The number of nitrogens with zero attached hydrogens (tertiary/aromatic N) is 2. The number of anilines is 1. The Morgan fingerprint density at radius 1 is 1.32 bits per heavy atom. The van der Waals surface area contributed by atoms with Crippen molar-refractivity contribution in [1.82, 2.24) is 4.90 Å². The van der Waals surface area contributed by atoms with Gasteiger partial charge in [-0.3, -0.25) is 4.39 Å². The molecule has 0 aliphatic carbocycles. The van der Waals surface area contributed by atoms with Gasteiger partial charge in [0.1, 0.15) is 5.58 Å². The largest absolute Gasteiger partial charge is 0.423 e. The maximum atomic E-state index is 12.6. The summed E-state index contributed by atoms with van der Waals surface area (Å²) in [7, 11) is 4.09. The van der Waals surface area contributed by atoms with Crippen LogP contribution in [-0.4, -0.2) is 44.8 Å². The average Bonchev–Trinajstić information content (AvgIpc) is 2.58. The van der Waals surface area contributed by atoms with Crippen molar-refractivity contribution in [1.29, 1.82) is 0 Å². The van der Waals surface area contributed by atoms with Crippen molar-refractivity contribution in [2.75, 3.05) is 38.8 Å². The highest BCUT2D eigenvalue weighted by Gasteiger charge is 2.20. The van der Waals surface area contributed by atoms with Crippen LogP contribution in [0.5, 0.6) is 0 Å². The van der Waals surface area contributed by atoms with E-state index in [2.05, 4.69) is 22.8 Å². The Hall–Kier alpha value is -1.88. The van der Waals surface area contributed by atoms with Crippen molar-refractivity contribution in [3.63, 3.8) is 0 Å². The molecular weight excluding hydrogens is 319 g/mol. The second-order valence-electron chi connectivity index (χ2n) is 7.22. The van der Waals surface area contributed by atoms with Crippen LogP contribution in [0.25, 0.3) is 11.0 Å². The quantitative estimate of drug-likeness (QED) is 0.751. The zero-order valence-electron chi connectivity index (χ0n) is 15.3. The number of hydrogen-bond donors (Lipinski definition) is 0. The summed E-state index contributed by atoms with van der Waals surface area (Å²) < 4.78 is 18.1. The third-order valence-electron chi connectivity index (χ3n) is 5.20. The lowest BCUT2D eigenvalue weighted by Crippen LogP contribution is -2.30. The van der Waals surface area contributed by atoms with E-state index in [0.29, 0.717) is 24.6 Å². The van der Waals surface area contributed by atoms with Gasteiger partial charge >= 0.3 is 5.63 Å². The topological polar surface area (TPSA) is 36.7 Å². The van der Waals surface area contributed by atoms with Crippen LogP contribution >= 0.6 is 0 Å². The molecule has 0 saturated heterocycles. The molecule has 5 heteroatoms. The van der Waals surface area contributed by atoms with E-state index in [-0.39, 0.29) is 12.3 Å². The molecule has 0 spiro atoms. The molecule has 2 aromatic rings. The standard InChI is InChI=1S/C20H27FN2O2/c1-14(22(2)3)10-16-12-20(24)25-19-13-18-15(11-17(16)19)6-4-8-23(18)9-5-7-21/h11-14H,4-10H2,1-3H3. The summed E-state index contributed by atoms with van der Waals surface area (Å²) in [6, 6.07) is 6.11. The van der Waals surface area contributed by atoms with Gasteiger partial charge in [-0.15, -0.1) is 0 Å². The Morgan fingerprint density at radius 2 is 2.12 bits per heavy atom. The van der Waals surface area contributed by atoms with Gasteiger partial charge in [0.05, 0.1) is 6.67 Å². The Kier molecular flexibility index (Phi) is 5.42. The molecular formula is C20H27FN2O2. The molecule has 0 fully saturated rings. The van der Waals surface area contributed by atoms with Crippen molar-refractivity contribution < 1.29 is 8.81 Å². The predicted octanol–water partition coefficient (Wildman–Crippen LogP) is 3.40. The molecule has 0 saturated carbocycles. The number of fused-ring (bicyclic) bond motifs is 2. The zero-order chi connectivity index (χ0) is 18.0. The van der Waals surface area contributed by atoms with E-state index in [1.54, 1.807) is 6.07 Å². The Labute approximate surface area is 148 Å². The molecule has 1 aromatic heterocycles. The molecule has 25 heavy (non-hydrogen) atoms. The highest BCUT2D eigenvalue weighted by Crippen LogP contribution is 2.33. The summed E-state index contributed by atoms with van der Waals surface area (Å²) in [5.41, 5.74) is 3.73. The molecule has 4 nitrogen and oxygen atoms in total. The van der Waals surface area contributed by atoms with E-state index in [0.717, 1.165) is 42.4 Å². The molecule has 0 N–H and O–H groups in total. The molecule has 1 atom stereocenters. The minimum absolute atomic E-state index is 0.304. The maximum Gasteiger partial charge on any atom is 0.336 e. The second-order valence-corrected chi connectivity index (χ2v) is 7.22. The van der Waals surface area contributed by atoms with Gasteiger partial charge in [-0.05, 0) is 63.9 Å². The van der Waals surface area contributed by atoms with Crippen molar-refractivity contribution in [2.24, 2.45) is 0 Å². The number of hydrogen-bond acceptors (Lipinski definition) is 4. The maximum absolute atomic E-state index is 12.6. The van der Waals surface area contributed by atoms with Crippen molar-refractivity contribution >= 4 is 16.7 Å². The van der Waals surface area contributed by atoms with E-state index in [4.69, 9.17) is 4.42 Å². The molecule has 0 amide bonds. The van der Waals surface area contributed by atoms with Crippen molar-refractivity contribution in [3.05, 3.63) is 39.7 Å². The number of benzene rings is 1. The van der Waals surface area contributed by atoms with Gasteiger partial charge in [-0.1, -0.05) is 0 Å². The molecule has 1 unspecified atom stereocenters. The lowest BCUT2D eigenvalue weighted by atomic mass is 9.96. The molecule has 0 bridgehead atoms. The summed E-state index contributed by atoms with van der Waals surface area (Å²) in [5.74, 6) is 0. The third kappa shape index (κ3) is 3.87. The van der Waals surface area contributed by atoms with Crippen LogP contribution in [-0.2, 0) is 12.8 Å². The number of likely N-dealkylation sites (N-methyl/N-ethyl adjacent to an activating group) is 1. The van der Waals surface area contributed by atoms with Gasteiger partial charge in [0.2, 0.25) is 0 Å². The molecule has 3 rings (SSSR count). The highest BCUT2D eigenvalue weighted by atomic mass is 19.1. The third-order valence-corrected chi connectivity index (χ3v) is 5.20. The SMILES string of the molecule is CC(Cc1cc(=O)oc2cc3c(cc12)CCCN3CCCF)N(C)C. The van der Waals surface area contributed by atoms with E-state index < -0.39 is 0 Å². The van der Waals surface area contributed by atoms with Crippen molar-refractivity contribution in [2.45, 2.75) is 38.6 Å². The number of rotatable bonds is 6. The smallest absolute Gasteiger partial charge is 0.336 e. The first-order valence-corrected chi connectivity index (χ1v) is 9.06. The van der Waals surface area contributed by atoms with Crippen molar-refractivity contribution in [3.8, 4) is 0 Å². The van der Waals surface area contributed by atoms with E-state index in [9.17, 15) is 9.18 Å². The van der Waals surface area contributed by atoms with Gasteiger partial charge in [0, 0.05) is 42.3 Å². The van der Waals surface area contributed by atoms with Crippen LogP contribution in [0.1, 0.15) is 30.9 Å². The van der Waals surface area contributed by atoms with Crippen LogP contribution < -0.4 is 10.5 Å². The van der Waals surface area contributed by atoms with Crippen LogP contribution in [0.3, 0.4) is 0 Å². The fraction of sp³-hybridized carbons (Fsp3) is 0.550. The minimum Gasteiger partial charge on any atom is -0.423 e. The van der Waals surface area contributed by atoms with E-state index in [1.165, 1.54) is 5.56 Å². The summed E-state index contributed by atoms with van der Waals surface area (Å²) >= 11 is 0. The number of alkyl halides is 1. The Balaban J connectivity index is 2.05. The Bertz CT molecular complexity index is 800. The fourth-order valence-electron chi connectivity index (χ4n) is 3.54. The first kappa shape index (κ1) is 17.9. The summed E-state index contributed by atoms with van der Waals surface area (Å²) in [5, 5.41) is 1.03. The average molecular weight is 346 g/mol. The van der Waals surface area contributed by atoms with Gasteiger partial charge in [0.25, 0.3) is 0 Å². The van der Waals surface area contributed by atoms with Gasteiger partial charge < -0.3 is 14.2 Å². The molecule has 2 heterocycles. The molecule has 1 aromatic carbocycles. The van der Waals surface area contributed by atoms with Gasteiger partial charge in [0.15, 0.2) is 0 Å². The molecule has 136 valence electrons. The number of halogens is 1. The lowest BCUT2D eigenvalue weighted by Gasteiger charge is -2.31. The van der Waals surface area contributed by atoms with Crippen LogP contribution in [0, 0.1) is 0 Å². The lowest BCUT2D eigenvalue weighted by molar-refractivity contribution is 0.312. The van der Waals surface area contributed by atoms with Gasteiger partial charge in [-0.2, -0.15) is 0 Å². The highest BCUT2D eigenvalue weighted by molar-refractivity contribution is 5.86. The zero-order valence-corrected chi connectivity index (χ0v) is 15.3. The Morgan fingerprint density at radius 3 is 2.84 bits per heavy atom. The van der Waals surface area contributed by atoms with Gasteiger partial charge in [-0.25, -0.2) is 4.79 Å². The van der Waals surface area contributed by atoms with E-state index >= 15 is 0 Å². The summed E-state index contributed by atoms with van der Waals surface area (Å²) in [6.45, 7) is 3.48. The summed E-state index contributed by atoms with van der Waals surface area (Å²) in [6.07, 6.45) is 3.42. The summed E-state index contributed by atoms with van der Waals surface area (Å²) in [4.78, 5) is 16.4. The normalized spacial score (nSPS) is 15.6.